The first kappa shape index (κ1) is 10.3. The van der Waals surface area contributed by atoms with E-state index in [1.54, 1.807) is 0 Å². The third-order valence-electron chi connectivity index (χ3n) is 2.85. The van der Waals surface area contributed by atoms with Crippen molar-refractivity contribution in [3.05, 3.63) is 24.3 Å². The zero-order chi connectivity index (χ0) is 10.5. The minimum Gasteiger partial charge on any atom is -0.399 e. The lowest BCUT2D eigenvalue weighted by atomic mass is 10.0. The maximum Gasteiger partial charge on any atom is 0.0469 e. The van der Waals surface area contributed by atoms with E-state index >= 15 is 0 Å². The number of hydrogen-bond acceptors (Lipinski definition) is 3. The van der Waals surface area contributed by atoms with Crippen molar-refractivity contribution < 1.29 is 4.74 Å². The topological polar surface area (TPSA) is 47.3 Å². The van der Waals surface area contributed by atoms with E-state index in [9.17, 15) is 0 Å². The van der Waals surface area contributed by atoms with Gasteiger partial charge in [-0.1, -0.05) is 0 Å². The number of rotatable bonds is 3. The first-order valence-electron chi connectivity index (χ1n) is 5.52. The average Bonchev–Trinajstić information content (AvgIpc) is 2.30. The van der Waals surface area contributed by atoms with Gasteiger partial charge in [0.15, 0.2) is 0 Å². The van der Waals surface area contributed by atoms with Gasteiger partial charge in [0.1, 0.15) is 0 Å². The molecular weight excluding hydrogens is 188 g/mol. The smallest absolute Gasteiger partial charge is 0.0469 e. The zero-order valence-electron chi connectivity index (χ0n) is 8.91. The molecule has 0 saturated carbocycles. The van der Waals surface area contributed by atoms with Gasteiger partial charge in [0.05, 0.1) is 0 Å². The molecule has 3 heteroatoms. The van der Waals surface area contributed by atoms with Gasteiger partial charge >= 0.3 is 0 Å². The van der Waals surface area contributed by atoms with E-state index in [2.05, 4.69) is 5.32 Å². The molecule has 1 aliphatic rings. The quantitative estimate of drug-likeness (QED) is 0.745. The molecule has 1 aliphatic heterocycles. The molecule has 3 N–H and O–H groups in total. The number of nitrogens with two attached hydrogens (primary N) is 1. The lowest BCUT2D eigenvalue weighted by Gasteiger charge is -2.22. The predicted octanol–water partition coefficient (Wildman–Crippen LogP) is 2.11. The van der Waals surface area contributed by atoms with Gasteiger partial charge in [-0.15, -0.1) is 0 Å². The largest absolute Gasteiger partial charge is 0.399 e. The molecule has 0 unspecified atom stereocenters. The molecule has 0 spiro atoms. The molecule has 1 fully saturated rings. The van der Waals surface area contributed by atoms with Gasteiger partial charge in [0.25, 0.3) is 0 Å². The van der Waals surface area contributed by atoms with Crippen LogP contribution in [0.1, 0.15) is 12.8 Å². The Bertz CT molecular complexity index is 291. The third-order valence-corrected chi connectivity index (χ3v) is 2.85. The van der Waals surface area contributed by atoms with Crippen LogP contribution in [-0.2, 0) is 4.74 Å². The van der Waals surface area contributed by atoms with Crippen LogP contribution in [0.4, 0.5) is 11.4 Å². The summed E-state index contributed by atoms with van der Waals surface area (Å²) in [5.41, 5.74) is 7.58. The highest BCUT2D eigenvalue weighted by Gasteiger charge is 2.12. The van der Waals surface area contributed by atoms with E-state index in [1.807, 2.05) is 24.3 Å². The molecule has 1 saturated heterocycles. The van der Waals surface area contributed by atoms with Crippen LogP contribution in [0.3, 0.4) is 0 Å². The second-order valence-corrected chi connectivity index (χ2v) is 4.06. The van der Waals surface area contributed by atoms with Gasteiger partial charge < -0.3 is 15.8 Å². The molecule has 0 aliphatic carbocycles. The molecule has 0 bridgehead atoms. The monoisotopic (exact) mass is 206 g/mol. The van der Waals surface area contributed by atoms with Gasteiger partial charge in [0.2, 0.25) is 0 Å². The van der Waals surface area contributed by atoms with Crippen LogP contribution < -0.4 is 11.1 Å². The maximum atomic E-state index is 5.62. The second kappa shape index (κ2) is 5.03. The van der Waals surface area contributed by atoms with E-state index in [0.29, 0.717) is 0 Å². The van der Waals surface area contributed by atoms with Crippen LogP contribution in [0, 0.1) is 5.92 Å². The number of nitrogen functional groups attached to an aromatic ring is 1. The standard InChI is InChI=1S/C12H18N2O/c13-11-1-3-12(4-2-11)14-9-10-5-7-15-8-6-10/h1-4,10,14H,5-9,13H2. The minimum absolute atomic E-state index is 0.747. The van der Waals surface area contributed by atoms with Gasteiger partial charge in [-0.05, 0) is 43.0 Å². The van der Waals surface area contributed by atoms with Crippen molar-refractivity contribution in [2.45, 2.75) is 12.8 Å². The van der Waals surface area contributed by atoms with Gasteiger partial charge in [0, 0.05) is 31.1 Å². The molecule has 15 heavy (non-hydrogen) atoms. The third kappa shape index (κ3) is 3.13. The van der Waals surface area contributed by atoms with Crippen LogP contribution in [0.2, 0.25) is 0 Å². The Morgan fingerprint density at radius 1 is 1.20 bits per heavy atom. The average molecular weight is 206 g/mol. The molecule has 0 aromatic heterocycles. The normalized spacial score (nSPS) is 17.6. The highest BCUT2D eigenvalue weighted by atomic mass is 16.5. The minimum atomic E-state index is 0.747. The molecule has 1 heterocycles. The SMILES string of the molecule is Nc1ccc(NCC2CCOCC2)cc1. The first-order chi connectivity index (χ1) is 7.34. The number of nitrogens with one attached hydrogen (secondary N) is 1. The van der Waals surface area contributed by atoms with Crippen LogP contribution in [0.5, 0.6) is 0 Å². The van der Waals surface area contributed by atoms with Crippen LogP contribution >= 0.6 is 0 Å². The Morgan fingerprint density at radius 3 is 2.53 bits per heavy atom. The fourth-order valence-electron chi connectivity index (χ4n) is 1.81. The van der Waals surface area contributed by atoms with Crippen LogP contribution in [0.25, 0.3) is 0 Å². The van der Waals surface area contributed by atoms with E-state index < -0.39 is 0 Å². The van der Waals surface area contributed by atoms with Gasteiger partial charge in [-0.2, -0.15) is 0 Å². The Labute approximate surface area is 90.6 Å². The highest BCUT2D eigenvalue weighted by Crippen LogP contribution is 2.16. The van der Waals surface area contributed by atoms with Crippen molar-refractivity contribution in [3.8, 4) is 0 Å². The number of anilines is 2. The van der Waals surface area contributed by atoms with Crippen molar-refractivity contribution in [2.24, 2.45) is 5.92 Å². The Kier molecular flexibility index (Phi) is 3.45. The zero-order valence-corrected chi connectivity index (χ0v) is 8.91. The molecule has 82 valence electrons. The Hall–Kier alpha value is -1.22. The maximum absolute atomic E-state index is 5.62. The van der Waals surface area contributed by atoms with E-state index in [-0.39, 0.29) is 0 Å². The number of ether oxygens (including phenoxy) is 1. The van der Waals surface area contributed by atoms with Crippen molar-refractivity contribution >= 4 is 11.4 Å². The van der Waals surface area contributed by atoms with Crippen molar-refractivity contribution in [1.82, 2.24) is 0 Å². The van der Waals surface area contributed by atoms with Gasteiger partial charge in [-0.25, -0.2) is 0 Å². The molecule has 1 aromatic carbocycles. The molecule has 0 radical (unpaired) electrons. The summed E-state index contributed by atoms with van der Waals surface area (Å²) < 4.78 is 5.32. The summed E-state index contributed by atoms with van der Waals surface area (Å²) in [5, 5.41) is 3.43. The second-order valence-electron chi connectivity index (χ2n) is 4.06. The van der Waals surface area contributed by atoms with E-state index in [4.69, 9.17) is 10.5 Å². The summed E-state index contributed by atoms with van der Waals surface area (Å²) in [6.45, 7) is 2.86. The Morgan fingerprint density at radius 2 is 1.87 bits per heavy atom. The summed E-state index contributed by atoms with van der Waals surface area (Å²) in [6.07, 6.45) is 2.34. The van der Waals surface area contributed by atoms with Crippen LogP contribution in [0.15, 0.2) is 24.3 Å². The lowest BCUT2D eigenvalue weighted by Crippen LogP contribution is -2.22. The summed E-state index contributed by atoms with van der Waals surface area (Å²) in [5.74, 6) is 0.747. The molecule has 0 amide bonds. The number of hydrogen-bond donors (Lipinski definition) is 2. The van der Waals surface area contributed by atoms with Gasteiger partial charge in [-0.3, -0.25) is 0 Å². The van der Waals surface area contributed by atoms with E-state index in [0.717, 1.165) is 37.1 Å². The predicted molar refractivity (Wildman–Crippen MR) is 62.9 cm³/mol. The van der Waals surface area contributed by atoms with Crippen molar-refractivity contribution in [2.75, 3.05) is 30.8 Å². The van der Waals surface area contributed by atoms with Crippen molar-refractivity contribution in [3.63, 3.8) is 0 Å². The van der Waals surface area contributed by atoms with E-state index in [1.165, 1.54) is 12.8 Å². The lowest BCUT2D eigenvalue weighted by molar-refractivity contribution is 0.0699. The molecule has 1 aromatic rings. The van der Waals surface area contributed by atoms with Crippen LogP contribution in [-0.4, -0.2) is 19.8 Å². The molecular formula is C12H18N2O. The summed E-state index contributed by atoms with van der Waals surface area (Å²) in [7, 11) is 0. The summed E-state index contributed by atoms with van der Waals surface area (Å²) >= 11 is 0. The fourth-order valence-corrected chi connectivity index (χ4v) is 1.81. The molecule has 0 atom stereocenters. The fraction of sp³-hybridized carbons (Fsp3) is 0.500. The Balaban J connectivity index is 1.79. The molecule has 2 rings (SSSR count). The van der Waals surface area contributed by atoms with Crippen molar-refractivity contribution in [1.29, 1.82) is 0 Å². The summed E-state index contributed by atoms with van der Waals surface area (Å²) in [4.78, 5) is 0. The molecule has 3 nitrogen and oxygen atoms in total. The number of benzene rings is 1. The first-order valence-corrected chi connectivity index (χ1v) is 5.52. The summed E-state index contributed by atoms with van der Waals surface area (Å²) in [6, 6.07) is 7.89. The highest BCUT2D eigenvalue weighted by molar-refractivity contribution is 5.51.